The lowest BCUT2D eigenvalue weighted by Crippen LogP contribution is -2.28. The minimum atomic E-state index is 0.165. The van der Waals surface area contributed by atoms with Crippen LogP contribution in [0.25, 0.3) is 16.8 Å². The number of hydrogen-bond acceptors (Lipinski definition) is 5. The van der Waals surface area contributed by atoms with Crippen molar-refractivity contribution in [3.8, 4) is 17.0 Å². The van der Waals surface area contributed by atoms with Crippen molar-refractivity contribution in [2.24, 2.45) is 0 Å². The molecule has 2 aromatic carbocycles. The highest BCUT2D eigenvalue weighted by molar-refractivity contribution is 7.11. The standard InChI is InChI=1S/C22H19Cl2N3O2S/c1-29-16-6-3-14(4-7-16)18-12-30-22(26-18)20-19(28)11-27(21(20)25)9-8-13-2-5-15(23)10-17(13)24/h2-7,10,12,25,28H,8-9,11H2,1H3. The van der Waals surface area contributed by atoms with Crippen LogP contribution in [0.4, 0.5) is 0 Å². The number of aromatic nitrogens is 1. The predicted octanol–water partition coefficient (Wildman–Crippen LogP) is 5.93. The fraction of sp³-hybridized carbons (Fsp3) is 0.182. The Balaban J connectivity index is 1.48. The molecule has 0 fully saturated rings. The molecule has 1 aliphatic rings. The van der Waals surface area contributed by atoms with Crippen LogP contribution in [0.15, 0.2) is 53.6 Å². The van der Waals surface area contributed by atoms with Crippen molar-refractivity contribution in [1.82, 2.24) is 9.88 Å². The number of amidine groups is 1. The molecule has 30 heavy (non-hydrogen) atoms. The fourth-order valence-corrected chi connectivity index (χ4v) is 4.71. The number of nitrogens with zero attached hydrogens (tertiary/aromatic N) is 2. The fourth-order valence-electron chi connectivity index (χ4n) is 3.31. The molecular weight excluding hydrogens is 441 g/mol. The van der Waals surface area contributed by atoms with E-state index in [1.54, 1.807) is 19.2 Å². The largest absolute Gasteiger partial charge is 0.510 e. The molecular formula is C22H19Cl2N3O2S. The number of ether oxygens (including phenoxy) is 1. The molecule has 0 bridgehead atoms. The van der Waals surface area contributed by atoms with E-state index in [1.165, 1.54) is 11.3 Å². The van der Waals surface area contributed by atoms with E-state index in [-0.39, 0.29) is 18.1 Å². The molecule has 0 spiro atoms. The first-order valence-corrected chi connectivity index (χ1v) is 10.9. The van der Waals surface area contributed by atoms with Crippen LogP contribution in [0, 0.1) is 5.41 Å². The van der Waals surface area contributed by atoms with Gasteiger partial charge in [0.15, 0.2) is 0 Å². The third-order valence-corrected chi connectivity index (χ3v) is 6.40. The van der Waals surface area contributed by atoms with E-state index in [0.717, 1.165) is 22.6 Å². The van der Waals surface area contributed by atoms with Crippen LogP contribution in [0.3, 0.4) is 0 Å². The maximum atomic E-state index is 10.5. The maximum Gasteiger partial charge on any atom is 0.135 e. The first kappa shape index (κ1) is 20.7. The average Bonchev–Trinajstić information content (AvgIpc) is 3.32. The Bertz CT molecular complexity index is 1130. The van der Waals surface area contributed by atoms with Gasteiger partial charge in [0.1, 0.15) is 22.4 Å². The van der Waals surface area contributed by atoms with Gasteiger partial charge in [0.2, 0.25) is 0 Å². The number of rotatable bonds is 6. The lowest BCUT2D eigenvalue weighted by atomic mass is 10.1. The average molecular weight is 460 g/mol. The van der Waals surface area contributed by atoms with Crippen LogP contribution in [-0.2, 0) is 6.42 Å². The summed E-state index contributed by atoms with van der Waals surface area (Å²) in [5.74, 6) is 1.22. The number of nitrogens with one attached hydrogen (secondary N) is 1. The number of aliphatic hydroxyl groups is 1. The van der Waals surface area contributed by atoms with Gasteiger partial charge < -0.3 is 14.7 Å². The van der Waals surface area contributed by atoms with Gasteiger partial charge in [-0.3, -0.25) is 5.41 Å². The molecule has 3 aromatic rings. The summed E-state index contributed by atoms with van der Waals surface area (Å²) in [5, 5.41) is 22.8. The van der Waals surface area contributed by atoms with Crippen LogP contribution < -0.4 is 4.74 Å². The summed E-state index contributed by atoms with van der Waals surface area (Å²) < 4.78 is 5.19. The Kier molecular flexibility index (Phi) is 5.99. The van der Waals surface area contributed by atoms with Crippen molar-refractivity contribution in [2.75, 3.05) is 20.2 Å². The second-order valence-corrected chi connectivity index (χ2v) is 8.55. The van der Waals surface area contributed by atoms with E-state index in [0.29, 0.717) is 33.6 Å². The molecule has 0 saturated heterocycles. The molecule has 1 aliphatic heterocycles. The zero-order valence-electron chi connectivity index (χ0n) is 16.2. The molecule has 0 atom stereocenters. The highest BCUT2D eigenvalue weighted by atomic mass is 35.5. The van der Waals surface area contributed by atoms with Crippen LogP contribution in [-0.4, -0.2) is 41.0 Å². The summed E-state index contributed by atoms with van der Waals surface area (Å²) in [4.78, 5) is 6.48. The summed E-state index contributed by atoms with van der Waals surface area (Å²) in [6, 6.07) is 13.0. The summed E-state index contributed by atoms with van der Waals surface area (Å²) in [5.41, 5.74) is 3.20. The van der Waals surface area contributed by atoms with Gasteiger partial charge in [-0.25, -0.2) is 4.98 Å². The topological polar surface area (TPSA) is 69.4 Å². The van der Waals surface area contributed by atoms with Gasteiger partial charge in [-0.1, -0.05) is 29.3 Å². The molecule has 2 N–H and O–H groups in total. The summed E-state index contributed by atoms with van der Waals surface area (Å²) in [7, 11) is 1.63. The highest BCUT2D eigenvalue weighted by Crippen LogP contribution is 2.33. The van der Waals surface area contributed by atoms with E-state index >= 15 is 0 Å². The van der Waals surface area contributed by atoms with Crippen molar-refractivity contribution in [1.29, 1.82) is 5.41 Å². The third-order valence-electron chi connectivity index (χ3n) is 4.95. The molecule has 8 heteroatoms. The van der Waals surface area contributed by atoms with Crippen molar-refractivity contribution in [3.63, 3.8) is 0 Å². The molecule has 4 rings (SSSR count). The Morgan fingerprint density at radius 2 is 1.97 bits per heavy atom. The van der Waals surface area contributed by atoms with E-state index < -0.39 is 0 Å². The van der Waals surface area contributed by atoms with Crippen LogP contribution in [0.1, 0.15) is 10.6 Å². The van der Waals surface area contributed by atoms with Crippen molar-refractivity contribution in [3.05, 3.63) is 74.2 Å². The van der Waals surface area contributed by atoms with Gasteiger partial charge in [-0.05, 0) is 48.4 Å². The summed E-state index contributed by atoms with van der Waals surface area (Å²) >= 11 is 13.6. The third kappa shape index (κ3) is 4.17. The van der Waals surface area contributed by atoms with Crippen molar-refractivity contribution < 1.29 is 9.84 Å². The van der Waals surface area contributed by atoms with Gasteiger partial charge in [0.25, 0.3) is 0 Å². The van der Waals surface area contributed by atoms with Gasteiger partial charge in [-0.15, -0.1) is 11.3 Å². The van der Waals surface area contributed by atoms with Gasteiger partial charge >= 0.3 is 0 Å². The molecule has 0 amide bonds. The van der Waals surface area contributed by atoms with Gasteiger partial charge in [0, 0.05) is 27.5 Å². The highest BCUT2D eigenvalue weighted by Gasteiger charge is 2.30. The molecule has 2 heterocycles. The number of benzene rings is 2. The predicted molar refractivity (Wildman–Crippen MR) is 123 cm³/mol. The lowest BCUT2D eigenvalue weighted by molar-refractivity contribution is 0.351. The number of methoxy groups -OCH3 is 1. The van der Waals surface area contributed by atoms with Crippen LogP contribution in [0.5, 0.6) is 5.75 Å². The zero-order valence-corrected chi connectivity index (χ0v) is 18.5. The maximum absolute atomic E-state index is 10.5. The quantitative estimate of drug-likeness (QED) is 0.479. The molecule has 0 unspecified atom stereocenters. The monoisotopic (exact) mass is 459 g/mol. The number of thiazole rings is 1. The smallest absolute Gasteiger partial charge is 0.135 e. The molecule has 0 saturated carbocycles. The molecule has 1 aromatic heterocycles. The Morgan fingerprint density at radius 3 is 2.67 bits per heavy atom. The molecule has 5 nitrogen and oxygen atoms in total. The van der Waals surface area contributed by atoms with E-state index in [9.17, 15) is 5.11 Å². The Hall–Kier alpha value is -2.54. The normalized spacial score (nSPS) is 14.0. The van der Waals surface area contributed by atoms with E-state index in [2.05, 4.69) is 4.98 Å². The number of hydrogen-bond donors (Lipinski definition) is 2. The van der Waals surface area contributed by atoms with E-state index in [1.807, 2.05) is 40.6 Å². The molecule has 154 valence electrons. The SMILES string of the molecule is COc1ccc(-c2csc(C3=C(O)CN(CCc4ccc(Cl)cc4Cl)C3=N)n2)cc1. The summed E-state index contributed by atoms with van der Waals surface area (Å²) in [6.07, 6.45) is 0.647. The minimum Gasteiger partial charge on any atom is -0.510 e. The van der Waals surface area contributed by atoms with E-state index in [4.69, 9.17) is 33.3 Å². The van der Waals surface area contributed by atoms with Crippen molar-refractivity contribution in [2.45, 2.75) is 6.42 Å². The Labute approximate surface area is 188 Å². The summed E-state index contributed by atoms with van der Waals surface area (Å²) in [6.45, 7) is 0.848. The van der Waals surface area contributed by atoms with Crippen LogP contribution >= 0.6 is 34.5 Å². The molecule has 0 aliphatic carbocycles. The van der Waals surface area contributed by atoms with Crippen molar-refractivity contribution >= 4 is 45.9 Å². The Morgan fingerprint density at radius 1 is 1.20 bits per heavy atom. The first-order valence-electron chi connectivity index (χ1n) is 9.26. The van der Waals surface area contributed by atoms with Gasteiger partial charge in [-0.2, -0.15) is 0 Å². The zero-order chi connectivity index (χ0) is 21.3. The second-order valence-electron chi connectivity index (χ2n) is 6.84. The van der Waals surface area contributed by atoms with Crippen LogP contribution in [0.2, 0.25) is 10.0 Å². The number of halogens is 2. The molecule has 0 radical (unpaired) electrons. The first-order chi connectivity index (χ1) is 14.5. The number of aliphatic hydroxyl groups excluding tert-OH is 1. The van der Waals surface area contributed by atoms with Gasteiger partial charge in [0.05, 0.1) is 24.9 Å². The second kappa shape index (κ2) is 8.68. The minimum absolute atomic E-state index is 0.165. The lowest BCUT2D eigenvalue weighted by Gasteiger charge is -2.18.